The number of likely N-dealkylation sites (tertiary alicyclic amines) is 1. The van der Waals surface area contributed by atoms with E-state index < -0.39 is 0 Å². The molecule has 1 saturated carbocycles. The first kappa shape index (κ1) is 17.3. The largest absolute Gasteiger partial charge is 0.343 e. The number of nitrogens with zero attached hydrogens (tertiary/aromatic N) is 6. The summed E-state index contributed by atoms with van der Waals surface area (Å²) >= 11 is 0. The Morgan fingerprint density at radius 1 is 1.29 bits per heavy atom. The van der Waals surface area contributed by atoms with Gasteiger partial charge in [0.2, 0.25) is 5.91 Å². The van der Waals surface area contributed by atoms with Crippen LogP contribution in [0.25, 0.3) is 0 Å². The van der Waals surface area contributed by atoms with Crippen LogP contribution >= 0.6 is 0 Å². The Labute approximate surface area is 144 Å². The summed E-state index contributed by atoms with van der Waals surface area (Å²) in [5, 5.41) is 12.6. The second-order valence-electron chi connectivity index (χ2n) is 7.51. The zero-order valence-corrected chi connectivity index (χ0v) is 15.2. The molecule has 0 unspecified atom stereocenters. The number of tetrazole rings is 1. The third-order valence-electron chi connectivity index (χ3n) is 5.75. The predicted molar refractivity (Wildman–Crippen MR) is 91.3 cm³/mol. The van der Waals surface area contributed by atoms with Crippen molar-refractivity contribution in [2.75, 3.05) is 26.7 Å². The fraction of sp³-hybridized carbons (Fsp3) is 0.882. The van der Waals surface area contributed by atoms with Gasteiger partial charge >= 0.3 is 0 Å². The topological polar surface area (TPSA) is 67.2 Å². The average molecular weight is 334 g/mol. The number of amides is 1. The van der Waals surface area contributed by atoms with Crippen LogP contribution in [0.1, 0.15) is 70.3 Å². The van der Waals surface area contributed by atoms with Crippen LogP contribution in [-0.4, -0.2) is 62.6 Å². The van der Waals surface area contributed by atoms with Crippen molar-refractivity contribution in [3.63, 3.8) is 0 Å². The lowest BCUT2D eigenvalue weighted by Gasteiger charge is -2.29. The summed E-state index contributed by atoms with van der Waals surface area (Å²) < 4.78 is 2.07. The fourth-order valence-electron chi connectivity index (χ4n) is 4.09. The summed E-state index contributed by atoms with van der Waals surface area (Å²) in [5.41, 5.74) is 0. The lowest BCUT2D eigenvalue weighted by Crippen LogP contribution is -2.33. The minimum absolute atomic E-state index is 0.188. The molecule has 0 N–H and O–H groups in total. The molecule has 0 spiro atoms. The Kier molecular flexibility index (Phi) is 5.48. The molecule has 1 aliphatic heterocycles. The average Bonchev–Trinajstić information content (AvgIpc) is 3.24. The van der Waals surface area contributed by atoms with Crippen molar-refractivity contribution in [2.24, 2.45) is 5.92 Å². The first-order valence-corrected chi connectivity index (χ1v) is 9.29. The van der Waals surface area contributed by atoms with Crippen molar-refractivity contribution in [1.29, 1.82) is 0 Å². The van der Waals surface area contributed by atoms with Gasteiger partial charge in [-0.25, -0.2) is 4.68 Å². The Morgan fingerprint density at radius 3 is 2.71 bits per heavy atom. The van der Waals surface area contributed by atoms with E-state index in [1.807, 2.05) is 4.90 Å². The van der Waals surface area contributed by atoms with Gasteiger partial charge in [-0.15, -0.1) is 5.10 Å². The second-order valence-corrected chi connectivity index (χ2v) is 7.51. The molecular weight excluding hydrogens is 304 g/mol. The molecule has 7 nitrogen and oxygen atoms in total. The highest BCUT2D eigenvalue weighted by atomic mass is 16.2. The highest BCUT2D eigenvalue weighted by molar-refractivity contribution is 5.73. The van der Waals surface area contributed by atoms with Gasteiger partial charge in [0.25, 0.3) is 0 Å². The van der Waals surface area contributed by atoms with Crippen LogP contribution in [0.3, 0.4) is 0 Å². The lowest BCUT2D eigenvalue weighted by atomic mass is 9.95. The summed E-state index contributed by atoms with van der Waals surface area (Å²) in [5.74, 6) is 1.71. The fourth-order valence-corrected chi connectivity index (χ4v) is 4.09. The van der Waals surface area contributed by atoms with E-state index in [0.29, 0.717) is 12.0 Å². The molecule has 7 heteroatoms. The molecule has 24 heavy (non-hydrogen) atoms. The Hall–Kier alpha value is -1.50. The predicted octanol–water partition coefficient (Wildman–Crippen LogP) is 2.04. The zero-order chi connectivity index (χ0) is 17.1. The van der Waals surface area contributed by atoms with Gasteiger partial charge in [-0.2, -0.15) is 0 Å². The van der Waals surface area contributed by atoms with E-state index in [2.05, 4.69) is 39.1 Å². The SMILES string of the molecule is CC(=O)N1CC[C@@H](CN(C)[C@H](C)c2nnnn2C2CCCCC2)C1. The molecule has 2 fully saturated rings. The molecule has 3 rings (SSSR count). The molecule has 0 radical (unpaired) electrons. The van der Waals surface area contributed by atoms with Gasteiger partial charge in [0, 0.05) is 26.6 Å². The highest BCUT2D eigenvalue weighted by Gasteiger charge is 2.29. The molecule has 0 bridgehead atoms. The second kappa shape index (κ2) is 7.59. The van der Waals surface area contributed by atoms with Crippen LogP contribution in [0, 0.1) is 5.92 Å². The summed E-state index contributed by atoms with van der Waals surface area (Å²) in [6, 6.07) is 0.646. The van der Waals surface area contributed by atoms with Crippen molar-refractivity contribution < 1.29 is 4.79 Å². The molecule has 1 aromatic rings. The molecule has 2 heterocycles. The number of hydrogen-bond donors (Lipinski definition) is 0. The molecule has 1 amide bonds. The van der Waals surface area contributed by atoms with Gasteiger partial charge in [-0.3, -0.25) is 9.69 Å². The first-order chi connectivity index (χ1) is 11.6. The minimum atomic E-state index is 0.188. The Bertz CT molecular complexity index is 553. The van der Waals surface area contributed by atoms with E-state index >= 15 is 0 Å². The van der Waals surface area contributed by atoms with E-state index in [1.165, 1.54) is 32.1 Å². The maximum Gasteiger partial charge on any atom is 0.219 e. The highest BCUT2D eigenvalue weighted by Crippen LogP contribution is 2.30. The van der Waals surface area contributed by atoms with E-state index in [-0.39, 0.29) is 11.9 Å². The third kappa shape index (κ3) is 3.77. The number of hydrogen-bond acceptors (Lipinski definition) is 5. The van der Waals surface area contributed by atoms with Crippen molar-refractivity contribution in [3.8, 4) is 0 Å². The van der Waals surface area contributed by atoms with Crippen LogP contribution in [0.5, 0.6) is 0 Å². The standard InChI is InChI=1S/C17H30N6O/c1-13(21(3)11-15-9-10-22(12-15)14(2)24)17-18-19-20-23(17)16-7-5-4-6-8-16/h13,15-16H,4-12H2,1-3H3/t13-,15+/m1/s1. The third-order valence-corrected chi connectivity index (χ3v) is 5.75. The van der Waals surface area contributed by atoms with E-state index in [0.717, 1.165) is 31.9 Å². The molecule has 1 saturated heterocycles. The number of rotatable bonds is 5. The van der Waals surface area contributed by atoms with E-state index in [9.17, 15) is 4.79 Å². The molecular formula is C17H30N6O. The number of carbonyl (C=O) groups is 1. The molecule has 2 atom stereocenters. The molecule has 2 aliphatic rings. The van der Waals surface area contributed by atoms with E-state index in [4.69, 9.17) is 0 Å². The number of aromatic nitrogens is 4. The maximum atomic E-state index is 11.5. The van der Waals surface area contributed by atoms with Gasteiger partial charge in [0.15, 0.2) is 5.82 Å². The van der Waals surface area contributed by atoms with Crippen LogP contribution in [-0.2, 0) is 4.79 Å². The molecule has 0 aromatic carbocycles. The van der Waals surface area contributed by atoms with Crippen molar-refractivity contribution >= 4 is 5.91 Å². The summed E-state index contributed by atoms with van der Waals surface area (Å²) in [6.07, 6.45) is 7.34. The lowest BCUT2D eigenvalue weighted by molar-refractivity contribution is -0.127. The van der Waals surface area contributed by atoms with Gasteiger partial charge in [0.1, 0.15) is 0 Å². The van der Waals surface area contributed by atoms with Gasteiger partial charge in [0.05, 0.1) is 12.1 Å². The van der Waals surface area contributed by atoms with Crippen molar-refractivity contribution in [1.82, 2.24) is 30.0 Å². The van der Waals surface area contributed by atoms with Crippen molar-refractivity contribution in [2.45, 2.75) is 64.5 Å². The van der Waals surface area contributed by atoms with Crippen LogP contribution in [0.4, 0.5) is 0 Å². The summed E-state index contributed by atoms with van der Waals surface area (Å²) in [7, 11) is 2.14. The normalized spacial score (nSPS) is 23.8. The quantitative estimate of drug-likeness (QED) is 0.824. The Morgan fingerprint density at radius 2 is 2.04 bits per heavy atom. The zero-order valence-electron chi connectivity index (χ0n) is 15.2. The summed E-state index contributed by atoms with van der Waals surface area (Å²) in [4.78, 5) is 15.8. The first-order valence-electron chi connectivity index (χ1n) is 9.29. The maximum absolute atomic E-state index is 11.5. The summed E-state index contributed by atoms with van der Waals surface area (Å²) in [6.45, 7) is 6.58. The molecule has 134 valence electrons. The van der Waals surface area contributed by atoms with Crippen LogP contribution in [0.15, 0.2) is 0 Å². The smallest absolute Gasteiger partial charge is 0.219 e. The minimum Gasteiger partial charge on any atom is -0.343 e. The van der Waals surface area contributed by atoms with Crippen molar-refractivity contribution in [3.05, 3.63) is 5.82 Å². The molecule has 1 aromatic heterocycles. The monoisotopic (exact) mass is 334 g/mol. The van der Waals surface area contributed by atoms with Gasteiger partial charge < -0.3 is 4.90 Å². The van der Waals surface area contributed by atoms with E-state index in [1.54, 1.807) is 6.92 Å². The Balaban J connectivity index is 1.61. The van der Waals surface area contributed by atoms with Crippen LogP contribution < -0.4 is 0 Å². The van der Waals surface area contributed by atoms with Gasteiger partial charge in [-0.1, -0.05) is 19.3 Å². The number of carbonyl (C=O) groups excluding carboxylic acids is 1. The van der Waals surface area contributed by atoms with Gasteiger partial charge in [-0.05, 0) is 49.6 Å². The molecule has 1 aliphatic carbocycles. The van der Waals surface area contributed by atoms with Crippen LogP contribution in [0.2, 0.25) is 0 Å².